The number of halogens is 3. The summed E-state index contributed by atoms with van der Waals surface area (Å²) in [5.41, 5.74) is 0. The zero-order valence-corrected chi connectivity index (χ0v) is 13.5. The fourth-order valence-corrected chi connectivity index (χ4v) is 5.21. The summed E-state index contributed by atoms with van der Waals surface area (Å²) in [7, 11) is 0. The third kappa shape index (κ3) is 2.04. The molecule has 1 heterocycles. The van der Waals surface area contributed by atoms with Crippen LogP contribution < -0.4 is 5.11 Å². The second-order valence-electron chi connectivity index (χ2n) is 5.95. The maximum Gasteiger partial charge on any atom is 0.322 e. The lowest BCUT2D eigenvalue weighted by molar-refractivity contribution is -0.335. The van der Waals surface area contributed by atoms with Crippen LogP contribution >= 0.6 is 22.6 Å². The Bertz CT molecular complexity index is 553. The lowest BCUT2D eigenvalue weighted by Crippen LogP contribution is -2.51. The van der Waals surface area contributed by atoms with Gasteiger partial charge in [-0.05, 0) is 19.3 Å². The number of esters is 2. The van der Waals surface area contributed by atoms with Crippen molar-refractivity contribution in [3.05, 3.63) is 0 Å². The highest BCUT2D eigenvalue weighted by Crippen LogP contribution is 2.60. The fraction of sp³-hybridized carbons (Fsp3) is 0.769. The smallest absolute Gasteiger partial charge is 0.322 e. The molecular formula is C13H12F2IO6-. The molecule has 0 aromatic rings. The molecule has 3 rings (SSSR count). The number of aliphatic carboxylic acids is 1. The molecule has 2 bridgehead atoms. The van der Waals surface area contributed by atoms with Crippen molar-refractivity contribution in [1.29, 1.82) is 0 Å². The minimum absolute atomic E-state index is 0.0696. The summed E-state index contributed by atoms with van der Waals surface area (Å²) in [4.78, 5) is 34.5. The van der Waals surface area contributed by atoms with E-state index in [-0.39, 0.29) is 21.9 Å². The van der Waals surface area contributed by atoms with Gasteiger partial charge in [-0.1, -0.05) is 22.6 Å². The summed E-state index contributed by atoms with van der Waals surface area (Å²) in [5.74, 6) is -10.1. The molecule has 0 amide bonds. The van der Waals surface area contributed by atoms with Gasteiger partial charge in [0.2, 0.25) is 0 Å². The van der Waals surface area contributed by atoms with Gasteiger partial charge in [0.25, 0.3) is 0 Å². The molecule has 0 aromatic heterocycles. The number of fused-ring (bicyclic) bond motifs is 1. The van der Waals surface area contributed by atoms with E-state index in [2.05, 4.69) is 27.3 Å². The Morgan fingerprint density at radius 2 is 2.09 bits per heavy atom. The van der Waals surface area contributed by atoms with E-state index in [4.69, 9.17) is 4.74 Å². The van der Waals surface area contributed by atoms with Crippen LogP contribution in [0.4, 0.5) is 8.78 Å². The largest absolute Gasteiger partial charge is 0.544 e. The fourth-order valence-electron chi connectivity index (χ4n) is 3.79. The van der Waals surface area contributed by atoms with Gasteiger partial charge in [-0.2, -0.15) is 8.78 Å². The van der Waals surface area contributed by atoms with Gasteiger partial charge >= 0.3 is 17.9 Å². The molecule has 2 saturated carbocycles. The van der Waals surface area contributed by atoms with E-state index in [0.29, 0.717) is 6.42 Å². The maximum atomic E-state index is 13.3. The maximum absolute atomic E-state index is 13.3. The molecular weight excluding hydrogens is 417 g/mol. The van der Waals surface area contributed by atoms with Crippen molar-refractivity contribution in [3.63, 3.8) is 0 Å². The van der Waals surface area contributed by atoms with Crippen LogP contribution in [0.25, 0.3) is 0 Å². The average Bonchev–Trinajstić information content (AvgIpc) is 3.02. The first-order valence-corrected chi connectivity index (χ1v) is 8.05. The first kappa shape index (κ1) is 15.9. The molecule has 7 unspecified atom stereocenters. The van der Waals surface area contributed by atoms with Crippen LogP contribution in [0, 0.1) is 23.7 Å². The quantitative estimate of drug-likeness (QED) is 0.353. The second-order valence-corrected chi connectivity index (χ2v) is 7.39. The van der Waals surface area contributed by atoms with Gasteiger partial charge in [-0.25, -0.2) is 0 Å². The van der Waals surface area contributed by atoms with E-state index in [9.17, 15) is 28.3 Å². The van der Waals surface area contributed by atoms with Crippen molar-refractivity contribution in [1.82, 2.24) is 0 Å². The second kappa shape index (κ2) is 5.00. The van der Waals surface area contributed by atoms with Crippen LogP contribution in [0.3, 0.4) is 0 Å². The highest BCUT2D eigenvalue weighted by Gasteiger charge is 2.68. The normalized spacial score (nSPS) is 40.5. The van der Waals surface area contributed by atoms with Gasteiger partial charge in [-0.15, -0.1) is 0 Å². The molecule has 7 atom stereocenters. The molecule has 1 saturated heterocycles. The van der Waals surface area contributed by atoms with Crippen LogP contribution in [-0.2, 0) is 23.9 Å². The summed E-state index contributed by atoms with van der Waals surface area (Å²) in [6.45, 7) is 0.790. The van der Waals surface area contributed by atoms with Gasteiger partial charge in [0.05, 0.1) is 15.8 Å². The Kier molecular flexibility index (Phi) is 3.61. The van der Waals surface area contributed by atoms with Crippen molar-refractivity contribution >= 4 is 40.5 Å². The number of carbonyl (C=O) groups excluding carboxylic acids is 3. The molecule has 0 N–H and O–H groups in total. The molecule has 22 heavy (non-hydrogen) atoms. The highest BCUT2D eigenvalue weighted by molar-refractivity contribution is 14.1. The zero-order chi connectivity index (χ0) is 16.4. The minimum Gasteiger partial charge on any atom is -0.544 e. The Balaban J connectivity index is 1.76. The van der Waals surface area contributed by atoms with E-state index in [1.54, 1.807) is 0 Å². The first-order chi connectivity index (χ1) is 10.2. The number of carboxylic acids is 1. The molecule has 0 aromatic carbocycles. The lowest BCUT2D eigenvalue weighted by atomic mass is 9.80. The molecule has 9 heteroatoms. The van der Waals surface area contributed by atoms with Gasteiger partial charge in [-0.3, -0.25) is 9.59 Å². The van der Waals surface area contributed by atoms with E-state index in [1.807, 2.05) is 0 Å². The van der Waals surface area contributed by atoms with E-state index in [1.165, 1.54) is 0 Å². The summed E-state index contributed by atoms with van der Waals surface area (Å²) in [5, 5.41) is 10.4. The monoisotopic (exact) mass is 429 g/mol. The predicted molar refractivity (Wildman–Crippen MR) is 71.8 cm³/mol. The number of hydrogen-bond donors (Lipinski definition) is 0. The highest BCUT2D eigenvalue weighted by atomic mass is 127. The summed E-state index contributed by atoms with van der Waals surface area (Å²) in [6.07, 6.45) is -1.78. The van der Waals surface area contributed by atoms with Crippen molar-refractivity contribution < 1.29 is 37.7 Å². The van der Waals surface area contributed by atoms with E-state index in [0.717, 1.165) is 6.92 Å². The van der Waals surface area contributed by atoms with Gasteiger partial charge in [0.15, 0.2) is 6.10 Å². The molecule has 0 radical (unpaired) electrons. The van der Waals surface area contributed by atoms with Crippen molar-refractivity contribution in [3.8, 4) is 0 Å². The SMILES string of the molecule is CC(OC(=O)C1C2CC3C(OC(=O)C31)C2I)C(F)(F)C(=O)[O-]. The van der Waals surface area contributed by atoms with Crippen molar-refractivity contribution in [2.45, 2.75) is 35.4 Å². The van der Waals surface area contributed by atoms with Crippen LogP contribution in [0.15, 0.2) is 0 Å². The number of ether oxygens (including phenoxy) is 2. The number of rotatable bonds is 4. The predicted octanol–water partition coefficient (Wildman–Crippen LogP) is -0.0856. The number of hydrogen-bond acceptors (Lipinski definition) is 6. The van der Waals surface area contributed by atoms with Gasteiger partial charge in [0.1, 0.15) is 12.1 Å². The minimum atomic E-state index is -4.28. The summed E-state index contributed by atoms with van der Waals surface area (Å²) in [6, 6.07) is 0. The molecule has 2 aliphatic carbocycles. The van der Waals surface area contributed by atoms with Crippen molar-refractivity contribution in [2.24, 2.45) is 23.7 Å². The molecule has 122 valence electrons. The summed E-state index contributed by atoms with van der Waals surface area (Å²) < 4.78 is 36.4. The molecule has 6 nitrogen and oxygen atoms in total. The van der Waals surface area contributed by atoms with E-state index < -0.39 is 41.8 Å². The average molecular weight is 429 g/mol. The molecule has 3 aliphatic rings. The molecule has 3 fully saturated rings. The summed E-state index contributed by atoms with van der Waals surface area (Å²) >= 11 is 2.09. The Morgan fingerprint density at radius 1 is 1.45 bits per heavy atom. The van der Waals surface area contributed by atoms with Crippen LogP contribution in [0.5, 0.6) is 0 Å². The number of carboxylic acid groups (broad SMARTS) is 1. The van der Waals surface area contributed by atoms with Gasteiger partial charge in [0, 0.05) is 5.92 Å². The zero-order valence-electron chi connectivity index (χ0n) is 11.3. The lowest BCUT2D eigenvalue weighted by Gasteiger charge is -2.30. The Morgan fingerprint density at radius 3 is 2.68 bits per heavy atom. The first-order valence-electron chi connectivity index (χ1n) is 6.80. The van der Waals surface area contributed by atoms with Crippen LogP contribution in [0.2, 0.25) is 0 Å². The van der Waals surface area contributed by atoms with Crippen molar-refractivity contribution in [2.75, 3.05) is 0 Å². The topological polar surface area (TPSA) is 92.7 Å². The van der Waals surface area contributed by atoms with Crippen LogP contribution in [0.1, 0.15) is 13.3 Å². The molecule has 0 spiro atoms. The molecule has 1 aliphatic heterocycles. The number of carbonyl (C=O) groups is 3. The third-order valence-corrected chi connectivity index (χ3v) is 6.50. The third-order valence-electron chi connectivity index (χ3n) is 4.87. The van der Waals surface area contributed by atoms with Gasteiger partial charge < -0.3 is 19.4 Å². The van der Waals surface area contributed by atoms with E-state index >= 15 is 0 Å². The Labute approximate surface area is 137 Å². The Hall–Kier alpha value is -1.00. The number of alkyl halides is 3. The standard InChI is InChI=1S/C13H13F2IO6/c1-3(13(14,15)12(19)20)21-10(17)6-4-2-5-7(6)11(18)22-9(5)8(4)16/h3-9H,2H2,1H3,(H,19,20)/p-1. The van der Waals surface area contributed by atoms with Crippen LogP contribution in [-0.4, -0.2) is 40.0 Å².